The number of hydrogen-bond donors (Lipinski definition) is 1. The number of morpholine rings is 1. The number of rotatable bonds is 3. The molecule has 120 valence electrons. The highest BCUT2D eigenvalue weighted by Crippen LogP contribution is 2.43. The lowest BCUT2D eigenvalue weighted by molar-refractivity contribution is 0.0423. The molecule has 2 aliphatic heterocycles. The molecule has 1 fully saturated rings. The van der Waals surface area contributed by atoms with Crippen LogP contribution in [0.1, 0.15) is 5.56 Å². The fraction of sp³-hybridized carbons (Fsp3) is 0.294. The Balaban J connectivity index is 1.65. The maximum absolute atomic E-state index is 9.83. The molecule has 1 saturated heterocycles. The molecule has 1 N–H and O–H groups in total. The molecule has 4 nitrogen and oxygen atoms in total. The summed E-state index contributed by atoms with van der Waals surface area (Å²) in [5.74, 6) is 0.297. The SMILES string of the molecule is Oc1cccc(N2Sc3sccc3C=C2CN2CCOCC2)c1. The van der Waals surface area contributed by atoms with E-state index in [9.17, 15) is 5.11 Å². The average Bonchev–Trinajstić information content (AvgIpc) is 3.02. The van der Waals surface area contributed by atoms with Gasteiger partial charge in [-0.15, -0.1) is 11.3 Å². The molecule has 6 heteroatoms. The molecule has 0 aliphatic carbocycles. The zero-order chi connectivity index (χ0) is 15.6. The van der Waals surface area contributed by atoms with Crippen LogP contribution in [0, 0.1) is 0 Å². The monoisotopic (exact) mass is 346 g/mol. The van der Waals surface area contributed by atoms with Gasteiger partial charge in [-0.2, -0.15) is 0 Å². The van der Waals surface area contributed by atoms with Crippen molar-refractivity contribution in [3.63, 3.8) is 0 Å². The van der Waals surface area contributed by atoms with E-state index in [1.165, 1.54) is 15.5 Å². The van der Waals surface area contributed by atoms with Crippen LogP contribution in [0.2, 0.25) is 0 Å². The minimum absolute atomic E-state index is 0.297. The largest absolute Gasteiger partial charge is 0.508 e. The first kappa shape index (κ1) is 15.1. The van der Waals surface area contributed by atoms with Gasteiger partial charge in [0.05, 0.1) is 23.1 Å². The van der Waals surface area contributed by atoms with E-state index < -0.39 is 0 Å². The molecule has 0 amide bonds. The van der Waals surface area contributed by atoms with Crippen LogP contribution >= 0.6 is 23.3 Å². The van der Waals surface area contributed by atoms with E-state index in [0.29, 0.717) is 5.75 Å². The predicted molar refractivity (Wildman–Crippen MR) is 96.0 cm³/mol. The molecule has 0 bridgehead atoms. The average molecular weight is 346 g/mol. The zero-order valence-corrected chi connectivity index (χ0v) is 14.3. The van der Waals surface area contributed by atoms with Crippen molar-refractivity contribution in [1.29, 1.82) is 0 Å². The minimum atomic E-state index is 0.297. The molecule has 1 aromatic heterocycles. The third-order valence-corrected chi connectivity index (χ3v) is 6.23. The van der Waals surface area contributed by atoms with Crippen LogP contribution in [0.5, 0.6) is 5.75 Å². The highest BCUT2D eigenvalue weighted by atomic mass is 32.2. The summed E-state index contributed by atoms with van der Waals surface area (Å²) < 4.78 is 8.97. The molecule has 3 heterocycles. The molecular weight excluding hydrogens is 328 g/mol. The van der Waals surface area contributed by atoms with Gasteiger partial charge in [-0.3, -0.25) is 9.21 Å². The van der Waals surface area contributed by atoms with Crippen molar-refractivity contribution >= 4 is 35.0 Å². The Morgan fingerprint density at radius 2 is 2.04 bits per heavy atom. The Bertz CT molecular complexity index is 723. The molecule has 0 spiro atoms. The first-order chi connectivity index (χ1) is 11.3. The Morgan fingerprint density at radius 3 is 2.87 bits per heavy atom. The molecule has 0 unspecified atom stereocenters. The van der Waals surface area contributed by atoms with E-state index in [1.807, 2.05) is 18.2 Å². The van der Waals surface area contributed by atoms with E-state index in [2.05, 4.69) is 26.7 Å². The summed E-state index contributed by atoms with van der Waals surface area (Å²) in [6, 6.07) is 9.63. The fourth-order valence-electron chi connectivity index (χ4n) is 2.80. The summed E-state index contributed by atoms with van der Waals surface area (Å²) in [4.78, 5) is 2.42. The van der Waals surface area contributed by atoms with E-state index in [-0.39, 0.29) is 0 Å². The second kappa shape index (κ2) is 6.57. The molecule has 1 aromatic carbocycles. The Labute approximate surface area is 144 Å². The summed E-state index contributed by atoms with van der Waals surface area (Å²) >= 11 is 3.49. The fourth-order valence-corrected chi connectivity index (χ4v) is 4.81. The Kier molecular flexibility index (Phi) is 4.31. The third kappa shape index (κ3) is 3.26. The maximum Gasteiger partial charge on any atom is 0.117 e. The van der Waals surface area contributed by atoms with Crippen molar-refractivity contribution in [1.82, 2.24) is 4.90 Å². The van der Waals surface area contributed by atoms with Crippen molar-refractivity contribution in [3.8, 4) is 5.75 Å². The summed E-state index contributed by atoms with van der Waals surface area (Å²) in [7, 11) is 0. The predicted octanol–water partition coefficient (Wildman–Crippen LogP) is 3.65. The van der Waals surface area contributed by atoms with Crippen LogP contribution in [0.25, 0.3) is 6.08 Å². The number of anilines is 1. The van der Waals surface area contributed by atoms with Crippen molar-refractivity contribution in [2.24, 2.45) is 0 Å². The molecule has 0 radical (unpaired) electrons. The van der Waals surface area contributed by atoms with Crippen LogP contribution in [0.15, 0.2) is 45.6 Å². The van der Waals surface area contributed by atoms with Gasteiger partial charge in [-0.05, 0) is 29.7 Å². The van der Waals surface area contributed by atoms with Gasteiger partial charge < -0.3 is 9.84 Å². The molecule has 2 aliphatic rings. The van der Waals surface area contributed by atoms with Gasteiger partial charge in [-0.1, -0.05) is 6.07 Å². The lowest BCUT2D eigenvalue weighted by atomic mass is 10.2. The van der Waals surface area contributed by atoms with E-state index in [0.717, 1.165) is 38.5 Å². The number of thiophene rings is 1. The van der Waals surface area contributed by atoms with Crippen LogP contribution in [-0.4, -0.2) is 42.9 Å². The van der Waals surface area contributed by atoms with E-state index >= 15 is 0 Å². The molecule has 2 aromatic rings. The van der Waals surface area contributed by atoms with E-state index in [4.69, 9.17) is 4.74 Å². The van der Waals surface area contributed by atoms with Crippen molar-refractivity contribution < 1.29 is 9.84 Å². The van der Waals surface area contributed by atoms with Gasteiger partial charge in [0.2, 0.25) is 0 Å². The number of benzene rings is 1. The second-order valence-electron chi connectivity index (χ2n) is 5.59. The van der Waals surface area contributed by atoms with Gasteiger partial charge in [0.15, 0.2) is 0 Å². The first-order valence-corrected chi connectivity index (χ1v) is 9.30. The van der Waals surface area contributed by atoms with Gasteiger partial charge >= 0.3 is 0 Å². The molecule has 0 saturated carbocycles. The molecular formula is C17H18N2O2S2. The molecule has 4 rings (SSSR count). The smallest absolute Gasteiger partial charge is 0.117 e. The highest BCUT2D eigenvalue weighted by Gasteiger charge is 2.24. The number of phenolic OH excluding ortho intramolecular Hbond substituents is 1. The summed E-state index contributed by atoms with van der Waals surface area (Å²) in [5.41, 5.74) is 3.54. The third-order valence-electron chi connectivity index (χ3n) is 3.97. The topological polar surface area (TPSA) is 35.9 Å². The maximum atomic E-state index is 9.83. The normalized spacial score (nSPS) is 18.6. The number of aromatic hydroxyl groups is 1. The first-order valence-electron chi connectivity index (χ1n) is 7.65. The number of phenols is 1. The van der Waals surface area contributed by atoms with Gasteiger partial charge in [0.25, 0.3) is 0 Å². The lowest BCUT2D eigenvalue weighted by Crippen LogP contribution is -2.39. The van der Waals surface area contributed by atoms with Crippen molar-refractivity contribution in [2.75, 3.05) is 37.2 Å². The number of hydrogen-bond acceptors (Lipinski definition) is 6. The summed E-state index contributed by atoms with van der Waals surface area (Å²) in [6.45, 7) is 4.42. The molecule has 0 atom stereocenters. The van der Waals surface area contributed by atoms with Gasteiger partial charge in [0, 0.05) is 48.9 Å². The summed E-state index contributed by atoms with van der Waals surface area (Å²) in [5, 5.41) is 12.0. The van der Waals surface area contributed by atoms with Gasteiger partial charge in [-0.25, -0.2) is 0 Å². The minimum Gasteiger partial charge on any atom is -0.508 e. The van der Waals surface area contributed by atoms with Crippen molar-refractivity contribution in [2.45, 2.75) is 4.21 Å². The highest BCUT2D eigenvalue weighted by molar-refractivity contribution is 8.02. The standard InChI is InChI=1S/C17H18N2O2S2/c20-16-3-1-2-14(11-16)19-15(12-18-5-7-21-8-6-18)10-13-4-9-22-17(13)23-19/h1-4,9-11,20H,5-8,12H2. The number of fused-ring (bicyclic) bond motifs is 1. The molecule has 23 heavy (non-hydrogen) atoms. The van der Waals surface area contributed by atoms with Crippen LogP contribution in [-0.2, 0) is 4.74 Å². The lowest BCUT2D eigenvalue weighted by Gasteiger charge is -2.34. The second-order valence-corrected chi connectivity index (χ2v) is 7.72. The Hall–Kier alpha value is -1.47. The van der Waals surface area contributed by atoms with Crippen LogP contribution in [0.4, 0.5) is 5.69 Å². The van der Waals surface area contributed by atoms with Gasteiger partial charge in [0.1, 0.15) is 5.75 Å². The summed E-state index contributed by atoms with van der Waals surface area (Å²) in [6.07, 6.45) is 2.27. The zero-order valence-electron chi connectivity index (χ0n) is 12.6. The quantitative estimate of drug-likeness (QED) is 0.859. The van der Waals surface area contributed by atoms with Crippen LogP contribution in [0.3, 0.4) is 0 Å². The Morgan fingerprint density at radius 1 is 1.17 bits per heavy atom. The van der Waals surface area contributed by atoms with Crippen molar-refractivity contribution in [3.05, 3.63) is 47.0 Å². The van der Waals surface area contributed by atoms with Crippen LogP contribution < -0.4 is 4.31 Å². The van der Waals surface area contributed by atoms with E-state index in [1.54, 1.807) is 29.4 Å². The number of ether oxygens (including phenoxy) is 1. The number of nitrogens with zero attached hydrogens (tertiary/aromatic N) is 2.